The summed E-state index contributed by atoms with van der Waals surface area (Å²) in [6.07, 6.45) is 0. The third-order valence-electron chi connectivity index (χ3n) is 3.16. The van der Waals surface area contributed by atoms with Crippen LogP contribution in [0.3, 0.4) is 0 Å². The van der Waals surface area contributed by atoms with Crippen LogP contribution in [0.4, 0.5) is 5.69 Å². The highest BCUT2D eigenvalue weighted by atomic mass is 32.2. The van der Waals surface area contributed by atoms with Crippen LogP contribution in [-0.4, -0.2) is 56.7 Å². The number of nitrogens with two attached hydrogens (primary N) is 1. The van der Waals surface area contributed by atoms with Gasteiger partial charge in [0.05, 0.1) is 30.9 Å². The van der Waals surface area contributed by atoms with Crippen LogP contribution in [0.2, 0.25) is 0 Å². The first-order chi connectivity index (χ1) is 9.87. The molecule has 1 unspecified atom stereocenters. The van der Waals surface area contributed by atoms with E-state index >= 15 is 0 Å². The maximum atomic E-state index is 12.6. The second-order valence-corrected chi connectivity index (χ2v) is 6.34. The van der Waals surface area contributed by atoms with Gasteiger partial charge in [0.15, 0.2) is 0 Å². The first-order valence-corrected chi connectivity index (χ1v) is 7.58. The number of aromatic hydroxyl groups is 1. The Morgan fingerprint density at radius 3 is 2.86 bits per heavy atom. The number of anilines is 1. The van der Waals surface area contributed by atoms with E-state index in [1.165, 1.54) is 19.2 Å². The van der Waals surface area contributed by atoms with Gasteiger partial charge in [-0.2, -0.15) is 4.31 Å². The van der Waals surface area contributed by atoms with E-state index in [1.54, 1.807) is 0 Å². The number of benzene rings is 1. The van der Waals surface area contributed by atoms with Crippen molar-refractivity contribution in [2.45, 2.75) is 10.9 Å². The summed E-state index contributed by atoms with van der Waals surface area (Å²) >= 11 is 0. The molecule has 8 nitrogen and oxygen atoms in total. The van der Waals surface area contributed by atoms with E-state index in [9.17, 15) is 18.3 Å². The number of morpholine rings is 1. The number of ether oxygens (including phenoxy) is 2. The number of carbonyl (C=O) groups excluding carboxylic acids is 1. The molecule has 1 heterocycles. The van der Waals surface area contributed by atoms with Crippen LogP contribution in [0.25, 0.3) is 0 Å². The standard InChI is InChI=1S/C12H16N2O6S/c1-19-12(16)10-7-20-5-4-14(10)21(17,18)8-2-3-11(15)9(13)6-8/h2-3,6,10,15H,4-5,7,13H2,1H3. The molecule has 1 fully saturated rings. The van der Waals surface area contributed by atoms with Crippen LogP contribution >= 0.6 is 0 Å². The van der Waals surface area contributed by atoms with E-state index in [0.717, 1.165) is 10.4 Å². The number of hydrogen-bond donors (Lipinski definition) is 2. The zero-order valence-electron chi connectivity index (χ0n) is 11.4. The molecule has 0 bridgehead atoms. The molecule has 2 rings (SSSR count). The fraction of sp³-hybridized carbons (Fsp3) is 0.417. The van der Waals surface area contributed by atoms with Crippen molar-refractivity contribution in [2.75, 3.05) is 32.6 Å². The largest absolute Gasteiger partial charge is 0.506 e. The number of carbonyl (C=O) groups is 1. The second-order valence-electron chi connectivity index (χ2n) is 4.45. The lowest BCUT2D eigenvalue weighted by molar-refractivity contribution is -0.149. The molecule has 1 saturated heterocycles. The lowest BCUT2D eigenvalue weighted by Gasteiger charge is -2.32. The molecule has 0 aliphatic carbocycles. The van der Waals surface area contributed by atoms with Crippen molar-refractivity contribution in [3.8, 4) is 5.75 Å². The zero-order valence-corrected chi connectivity index (χ0v) is 12.2. The molecule has 3 N–H and O–H groups in total. The van der Waals surface area contributed by atoms with Crippen LogP contribution < -0.4 is 5.73 Å². The Labute approximate surface area is 122 Å². The fourth-order valence-electron chi connectivity index (χ4n) is 2.03. The molecule has 9 heteroatoms. The molecule has 1 atom stereocenters. The lowest BCUT2D eigenvalue weighted by Crippen LogP contribution is -2.52. The van der Waals surface area contributed by atoms with Crippen molar-refractivity contribution in [3.63, 3.8) is 0 Å². The van der Waals surface area contributed by atoms with Crippen molar-refractivity contribution in [3.05, 3.63) is 18.2 Å². The van der Waals surface area contributed by atoms with Crippen molar-refractivity contribution < 1.29 is 27.8 Å². The van der Waals surface area contributed by atoms with Crippen LogP contribution in [0.1, 0.15) is 0 Å². The first kappa shape index (κ1) is 15.5. The predicted octanol–water partition coefficient (Wildman–Crippen LogP) is -0.463. The summed E-state index contributed by atoms with van der Waals surface area (Å²) in [5, 5.41) is 9.37. The van der Waals surface area contributed by atoms with Gasteiger partial charge < -0.3 is 20.3 Å². The number of phenols is 1. The Balaban J connectivity index is 2.40. The van der Waals surface area contributed by atoms with Gasteiger partial charge in [-0.3, -0.25) is 4.79 Å². The minimum atomic E-state index is -3.94. The Hall–Kier alpha value is -1.84. The van der Waals surface area contributed by atoms with Gasteiger partial charge in [-0.1, -0.05) is 0 Å². The normalized spacial score (nSPS) is 20.1. The molecule has 1 aliphatic rings. The topological polar surface area (TPSA) is 119 Å². The maximum Gasteiger partial charge on any atom is 0.326 e. The number of rotatable bonds is 3. The number of methoxy groups -OCH3 is 1. The Morgan fingerprint density at radius 2 is 2.24 bits per heavy atom. The van der Waals surface area contributed by atoms with Crippen molar-refractivity contribution >= 4 is 21.7 Å². The average Bonchev–Trinajstić information content (AvgIpc) is 2.49. The summed E-state index contributed by atoms with van der Waals surface area (Å²) in [4.78, 5) is 11.6. The summed E-state index contributed by atoms with van der Waals surface area (Å²) in [7, 11) is -2.76. The molecular formula is C12H16N2O6S. The summed E-state index contributed by atoms with van der Waals surface area (Å²) in [5.41, 5.74) is 5.46. The first-order valence-electron chi connectivity index (χ1n) is 6.14. The van der Waals surface area contributed by atoms with Gasteiger partial charge in [-0.15, -0.1) is 0 Å². The molecular weight excluding hydrogens is 300 g/mol. The average molecular weight is 316 g/mol. The summed E-state index contributed by atoms with van der Waals surface area (Å²) < 4.78 is 36.0. The van der Waals surface area contributed by atoms with E-state index in [0.29, 0.717) is 0 Å². The van der Waals surface area contributed by atoms with E-state index in [2.05, 4.69) is 4.74 Å². The SMILES string of the molecule is COC(=O)C1COCCN1S(=O)(=O)c1ccc(O)c(N)c1. The van der Waals surface area contributed by atoms with Crippen LogP contribution in [0.15, 0.2) is 23.1 Å². The molecule has 21 heavy (non-hydrogen) atoms. The van der Waals surface area contributed by atoms with Gasteiger partial charge in [-0.25, -0.2) is 8.42 Å². The smallest absolute Gasteiger partial charge is 0.326 e. The molecule has 0 aromatic heterocycles. The predicted molar refractivity (Wildman–Crippen MR) is 73.0 cm³/mol. The van der Waals surface area contributed by atoms with Crippen molar-refractivity contribution in [2.24, 2.45) is 0 Å². The third-order valence-corrected chi connectivity index (χ3v) is 5.06. The van der Waals surface area contributed by atoms with Crippen LogP contribution in [0, 0.1) is 0 Å². The van der Waals surface area contributed by atoms with Crippen molar-refractivity contribution in [1.82, 2.24) is 4.31 Å². The van der Waals surface area contributed by atoms with Gasteiger partial charge in [0, 0.05) is 6.54 Å². The monoisotopic (exact) mass is 316 g/mol. The third kappa shape index (κ3) is 2.94. The number of nitrogen functional groups attached to an aromatic ring is 1. The number of esters is 1. The van der Waals surface area contributed by atoms with E-state index in [-0.39, 0.29) is 36.1 Å². The van der Waals surface area contributed by atoms with Crippen LogP contribution in [-0.2, 0) is 24.3 Å². The maximum absolute atomic E-state index is 12.6. The molecule has 0 saturated carbocycles. The van der Waals surface area contributed by atoms with Gasteiger partial charge >= 0.3 is 5.97 Å². The lowest BCUT2D eigenvalue weighted by atomic mass is 10.3. The fourth-order valence-corrected chi connectivity index (χ4v) is 3.61. The minimum Gasteiger partial charge on any atom is -0.506 e. The highest BCUT2D eigenvalue weighted by molar-refractivity contribution is 7.89. The number of nitrogens with zero attached hydrogens (tertiary/aromatic N) is 1. The molecule has 0 radical (unpaired) electrons. The van der Waals surface area contributed by atoms with Gasteiger partial charge in [0.2, 0.25) is 10.0 Å². The zero-order chi connectivity index (χ0) is 15.6. The number of sulfonamides is 1. The van der Waals surface area contributed by atoms with E-state index in [4.69, 9.17) is 10.5 Å². The number of hydrogen-bond acceptors (Lipinski definition) is 7. The van der Waals surface area contributed by atoms with E-state index < -0.39 is 22.0 Å². The van der Waals surface area contributed by atoms with Gasteiger partial charge in [-0.05, 0) is 18.2 Å². The second kappa shape index (κ2) is 5.88. The molecule has 0 spiro atoms. The highest BCUT2D eigenvalue weighted by Crippen LogP contribution is 2.27. The molecule has 1 aliphatic heterocycles. The molecule has 0 amide bonds. The van der Waals surface area contributed by atoms with Gasteiger partial charge in [0.1, 0.15) is 11.8 Å². The summed E-state index contributed by atoms with van der Waals surface area (Å²) in [5.74, 6) is -0.898. The minimum absolute atomic E-state index is 0.0306. The Morgan fingerprint density at radius 1 is 1.52 bits per heavy atom. The molecule has 116 valence electrons. The highest BCUT2D eigenvalue weighted by Gasteiger charge is 2.39. The summed E-state index contributed by atoms with van der Waals surface area (Å²) in [6.45, 7) is 0.142. The number of phenolic OH excluding ortho intramolecular Hbond substituents is 1. The van der Waals surface area contributed by atoms with Crippen molar-refractivity contribution in [1.29, 1.82) is 0 Å². The molecule has 1 aromatic carbocycles. The van der Waals surface area contributed by atoms with Crippen LogP contribution in [0.5, 0.6) is 5.75 Å². The van der Waals surface area contributed by atoms with E-state index in [1.807, 2.05) is 0 Å². The molecule has 1 aromatic rings. The van der Waals surface area contributed by atoms with Gasteiger partial charge in [0.25, 0.3) is 0 Å². The Kier molecular flexibility index (Phi) is 4.35. The summed E-state index contributed by atoms with van der Waals surface area (Å²) in [6, 6.07) is 2.53. The quantitative estimate of drug-likeness (QED) is 0.440. The Bertz CT molecular complexity index is 645.